The van der Waals surface area contributed by atoms with Gasteiger partial charge in [0.05, 0.1) is 5.56 Å². The van der Waals surface area contributed by atoms with Gasteiger partial charge in [-0.2, -0.15) is 13.2 Å². The summed E-state index contributed by atoms with van der Waals surface area (Å²) in [6.45, 7) is 7.17. The average Bonchev–Trinajstić information content (AvgIpc) is 2.44. The van der Waals surface area contributed by atoms with E-state index in [-0.39, 0.29) is 11.5 Å². The smallest absolute Gasteiger partial charge is 0.417 e. The third-order valence-electron chi connectivity index (χ3n) is 3.97. The van der Waals surface area contributed by atoms with Gasteiger partial charge in [0, 0.05) is 31.9 Å². The number of aromatic nitrogens is 1. The van der Waals surface area contributed by atoms with Gasteiger partial charge in [-0.05, 0) is 24.0 Å². The molecule has 1 amide bonds. The van der Waals surface area contributed by atoms with Crippen LogP contribution in [0, 0.1) is 5.41 Å². The van der Waals surface area contributed by atoms with Crippen LogP contribution in [0.5, 0.6) is 0 Å². The summed E-state index contributed by atoms with van der Waals surface area (Å²) in [4.78, 5) is 18.4. The van der Waals surface area contributed by atoms with Gasteiger partial charge in [-0.15, -0.1) is 0 Å². The zero-order chi connectivity index (χ0) is 18.1. The van der Waals surface area contributed by atoms with Crippen LogP contribution in [-0.4, -0.2) is 46.8 Å². The summed E-state index contributed by atoms with van der Waals surface area (Å²) >= 11 is 0. The van der Waals surface area contributed by atoms with E-state index in [4.69, 9.17) is 0 Å². The first-order chi connectivity index (χ1) is 11.0. The number of rotatable bonds is 2. The van der Waals surface area contributed by atoms with Crippen LogP contribution in [0.15, 0.2) is 18.3 Å². The molecule has 1 aromatic heterocycles. The number of anilines is 1. The van der Waals surface area contributed by atoms with Crippen LogP contribution in [0.3, 0.4) is 0 Å². The van der Waals surface area contributed by atoms with Gasteiger partial charge >= 0.3 is 12.3 Å². The van der Waals surface area contributed by atoms with Gasteiger partial charge in [-0.3, -0.25) is 0 Å². The van der Waals surface area contributed by atoms with Crippen molar-refractivity contribution < 1.29 is 23.1 Å². The summed E-state index contributed by atoms with van der Waals surface area (Å²) < 4.78 is 38.0. The predicted molar refractivity (Wildman–Crippen MR) is 84.0 cm³/mol. The number of carboxylic acid groups (broad SMARTS) is 1. The average molecular weight is 345 g/mol. The van der Waals surface area contributed by atoms with E-state index in [0.29, 0.717) is 31.9 Å². The molecule has 0 aliphatic carbocycles. The van der Waals surface area contributed by atoms with E-state index >= 15 is 0 Å². The van der Waals surface area contributed by atoms with Crippen LogP contribution in [0.2, 0.25) is 0 Å². The van der Waals surface area contributed by atoms with Gasteiger partial charge in [-0.25, -0.2) is 9.78 Å². The molecule has 2 rings (SSSR count). The van der Waals surface area contributed by atoms with Crippen LogP contribution >= 0.6 is 0 Å². The molecule has 2 heterocycles. The van der Waals surface area contributed by atoms with Crippen molar-refractivity contribution >= 4 is 11.9 Å². The standard InChI is InChI=1S/C16H22F3N3O2/c1-15(2,3)8-12-10-21(14(23)24)6-7-22(12)13-5-4-11(9-20-13)16(17,18)19/h4-5,9,12H,6-8,10H2,1-3H3,(H,23,24)/t12-/m1/s1. The molecule has 1 fully saturated rings. The maximum atomic E-state index is 12.7. The monoisotopic (exact) mass is 345 g/mol. The van der Waals surface area contributed by atoms with Crippen LogP contribution in [0.1, 0.15) is 32.8 Å². The molecule has 0 bridgehead atoms. The molecule has 0 aromatic carbocycles. The van der Waals surface area contributed by atoms with Crippen LogP contribution in [0.4, 0.5) is 23.8 Å². The molecular formula is C16H22F3N3O2. The van der Waals surface area contributed by atoms with Gasteiger partial charge in [0.1, 0.15) is 5.82 Å². The Morgan fingerprint density at radius 3 is 2.42 bits per heavy atom. The molecule has 0 spiro atoms. The van der Waals surface area contributed by atoms with Gasteiger partial charge in [0.25, 0.3) is 0 Å². The van der Waals surface area contributed by atoms with Crippen molar-refractivity contribution in [2.75, 3.05) is 24.5 Å². The highest BCUT2D eigenvalue weighted by Gasteiger charge is 2.34. The fourth-order valence-electron chi connectivity index (χ4n) is 2.94. The first-order valence-corrected chi connectivity index (χ1v) is 7.75. The normalized spacial score (nSPS) is 19.5. The van der Waals surface area contributed by atoms with E-state index in [9.17, 15) is 23.1 Å². The second-order valence-electron chi connectivity index (χ2n) is 7.24. The van der Waals surface area contributed by atoms with E-state index < -0.39 is 17.8 Å². The molecule has 1 saturated heterocycles. The first kappa shape index (κ1) is 18.4. The zero-order valence-corrected chi connectivity index (χ0v) is 14.0. The Morgan fingerprint density at radius 1 is 1.29 bits per heavy atom. The Labute approximate surface area is 139 Å². The van der Waals surface area contributed by atoms with E-state index in [2.05, 4.69) is 4.98 Å². The lowest BCUT2D eigenvalue weighted by Gasteiger charge is -2.43. The molecule has 134 valence electrons. The third kappa shape index (κ3) is 4.52. The summed E-state index contributed by atoms with van der Waals surface area (Å²) in [5.74, 6) is 0.447. The minimum atomic E-state index is -4.42. The van der Waals surface area contributed by atoms with Gasteiger partial charge in [-0.1, -0.05) is 20.8 Å². The molecule has 0 radical (unpaired) electrons. The highest BCUT2D eigenvalue weighted by atomic mass is 19.4. The number of carbonyl (C=O) groups is 1. The second-order valence-corrected chi connectivity index (χ2v) is 7.24. The molecule has 1 aliphatic heterocycles. The molecule has 8 heteroatoms. The van der Waals surface area contributed by atoms with E-state index in [1.165, 1.54) is 11.0 Å². The Balaban J connectivity index is 2.23. The first-order valence-electron chi connectivity index (χ1n) is 7.75. The van der Waals surface area contributed by atoms with E-state index in [0.717, 1.165) is 12.3 Å². The number of amides is 1. The van der Waals surface area contributed by atoms with E-state index in [1.807, 2.05) is 25.7 Å². The topological polar surface area (TPSA) is 56.7 Å². The van der Waals surface area contributed by atoms with Gasteiger partial charge in [0.2, 0.25) is 0 Å². The molecular weight excluding hydrogens is 323 g/mol. The number of pyridine rings is 1. The summed E-state index contributed by atoms with van der Waals surface area (Å²) in [7, 11) is 0. The number of halogens is 3. The number of alkyl halides is 3. The predicted octanol–water partition coefficient (Wildman–Crippen LogP) is 3.71. The van der Waals surface area contributed by atoms with Crippen molar-refractivity contribution in [1.29, 1.82) is 0 Å². The lowest BCUT2D eigenvalue weighted by Crippen LogP contribution is -2.55. The Kier molecular flexibility index (Phi) is 4.96. The molecule has 5 nitrogen and oxygen atoms in total. The highest BCUT2D eigenvalue weighted by Crippen LogP contribution is 2.32. The minimum absolute atomic E-state index is 0.0453. The van der Waals surface area contributed by atoms with Crippen molar-refractivity contribution in [1.82, 2.24) is 9.88 Å². The summed E-state index contributed by atoms with van der Waals surface area (Å²) in [6.07, 6.45) is -3.86. The summed E-state index contributed by atoms with van der Waals surface area (Å²) in [6, 6.07) is 2.24. The van der Waals surface area contributed by atoms with E-state index in [1.54, 1.807) is 0 Å². The fourth-order valence-corrected chi connectivity index (χ4v) is 2.94. The number of piperazine rings is 1. The minimum Gasteiger partial charge on any atom is -0.465 e. The summed E-state index contributed by atoms with van der Waals surface area (Å²) in [5, 5.41) is 9.20. The zero-order valence-electron chi connectivity index (χ0n) is 14.0. The maximum absolute atomic E-state index is 12.7. The lowest BCUT2D eigenvalue weighted by atomic mass is 9.86. The quantitative estimate of drug-likeness (QED) is 0.888. The third-order valence-corrected chi connectivity index (χ3v) is 3.97. The molecule has 0 unspecified atom stereocenters. The lowest BCUT2D eigenvalue weighted by molar-refractivity contribution is -0.137. The number of hydrogen-bond acceptors (Lipinski definition) is 3. The Hall–Kier alpha value is -1.99. The Morgan fingerprint density at radius 2 is 1.96 bits per heavy atom. The number of hydrogen-bond donors (Lipinski definition) is 1. The molecule has 1 aliphatic rings. The maximum Gasteiger partial charge on any atom is 0.417 e. The number of nitrogens with zero attached hydrogens (tertiary/aromatic N) is 3. The van der Waals surface area contributed by atoms with Crippen molar-refractivity contribution in [3.63, 3.8) is 0 Å². The van der Waals surface area contributed by atoms with Gasteiger partial charge in [0.15, 0.2) is 0 Å². The van der Waals surface area contributed by atoms with Crippen LogP contribution < -0.4 is 4.90 Å². The van der Waals surface area contributed by atoms with Crippen molar-refractivity contribution in [3.05, 3.63) is 23.9 Å². The molecule has 1 atom stereocenters. The Bertz CT molecular complexity index is 582. The van der Waals surface area contributed by atoms with Crippen molar-refractivity contribution in [3.8, 4) is 0 Å². The fraction of sp³-hybridized carbons (Fsp3) is 0.625. The molecule has 1 N–H and O–H groups in total. The van der Waals surface area contributed by atoms with Crippen molar-refractivity contribution in [2.24, 2.45) is 5.41 Å². The highest BCUT2D eigenvalue weighted by molar-refractivity contribution is 5.65. The molecule has 0 saturated carbocycles. The van der Waals surface area contributed by atoms with Crippen LogP contribution in [-0.2, 0) is 6.18 Å². The van der Waals surface area contributed by atoms with Crippen LogP contribution in [0.25, 0.3) is 0 Å². The van der Waals surface area contributed by atoms with Gasteiger partial charge < -0.3 is 14.9 Å². The van der Waals surface area contributed by atoms with Crippen molar-refractivity contribution in [2.45, 2.75) is 39.4 Å². The molecule has 24 heavy (non-hydrogen) atoms. The molecule has 1 aromatic rings. The second kappa shape index (κ2) is 6.49. The SMILES string of the molecule is CC(C)(C)C[C@@H]1CN(C(=O)O)CCN1c1ccc(C(F)(F)F)cn1. The summed E-state index contributed by atoms with van der Waals surface area (Å²) in [5.41, 5.74) is -0.834. The largest absolute Gasteiger partial charge is 0.465 e.